The van der Waals surface area contributed by atoms with Crippen molar-refractivity contribution in [3.05, 3.63) is 23.8 Å². The Balaban J connectivity index is 2.27. The lowest BCUT2D eigenvalue weighted by Gasteiger charge is -2.36. The predicted molar refractivity (Wildman–Crippen MR) is 77.3 cm³/mol. The van der Waals surface area contributed by atoms with Crippen LogP contribution in [0, 0.1) is 0 Å². The van der Waals surface area contributed by atoms with Gasteiger partial charge in [-0.05, 0) is 25.6 Å². The molecule has 4 nitrogen and oxygen atoms in total. The number of benzene rings is 1. The fraction of sp³-hybridized carbons (Fsp3) is 0.533. The lowest BCUT2D eigenvalue weighted by atomic mass is 10.1. The molecular weight excluding hydrogens is 240 g/mol. The van der Waals surface area contributed by atoms with Crippen LogP contribution in [0.25, 0.3) is 0 Å². The SMILES string of the molecule is CCN1CCN(c2cccc(OC)c2C(C)=O)CC1. The summed E-state index contributed by atoms with van der Waals surface area (Å²) in [5, 5.41) is 0. The van der Waals surface area contributed by atoms with Gasteiger partial charge in [-0.1, -0.05) is 13.0 Å². The first-order chi connectivity index (χ1) is 9.17. The maximum absolute atomic E-state index is 11.9. The van der Waals surface area contributed by atoms with Crippen molar-refractivity contribution in [2.75, 3.05) is 44.7 Å². The Kier molecular flexibility index (Phi) is 4.43. The standard InChI is InChI=1S/C15H22N2O2/c1-4-16-8-10-17(11-9-16)13-6-5-7-14(19-3)15(13)12(2)18/h5-7H,4,8-11H2,1-3H3. The third-order valence-corrected chi connectivity index (χ3v) is 3.74. The predicted octanol–water partition coefficient (Wildman–Crippen LogP) is 2.04. The molecule has 0 atom stereocenters. The van der Waals surface area contributed by atoms with Gasteiger partial charge in [0.25, 0.3) is 0 Å². The van der Waals surface area contributed by atoms with E-state index in [0.717, 1.165) is 38.4 Å². The first-order valence-corrected chi connectivity index (χ1v) is 6.82. The van der Waals surface area contributed by atoms with Gasteiger partial charge in [0.15, 0.2) is 5.78 Å². The van der Waals surface area contributed by atoms with Crippen LogP contribution >= 0.6 is 0 Å². The molecule has 1 aromatic carbocycles. The zero-order valence-corrected chi connectivity index (χ0v) is 12.0. The van der Waals surface area contributed by atoms with Gasteiger partial charge in [-0.3, -0.25) is 4.79 Å². The number of ether oxygens (including phenoxy) is 1. The number of piperazine rings is 1. The quantitative estimate of drug-likeness (QED) is 0.777. The second kappa shape index (κ2) is 6.06. The van der Waals surface area contributed by atoms with Gasteiger partial charge in [0.1, 0.15) is 5.75 Å². The first-order valence-electron chi connectivity index (χ1n) is 6.82. The van der Waals surface area contributed by atoms with Gasteiger partial charge in [-0.2, -0.15) is 0 Å². The number of hydrogen-bond donors (Lipinski definition) is 0. The fourth-order valence-corrected chi connectivity index (χ4v) is 2.61. The molecule has 1 aromatic rings. The minimum Gasteiger partial charge on any atom is -0.496 e. The van der Waals surface area contributed by atoms with Crippen LogP contribution in [0.3, 0.4) is 0 Å². The number of anilines is 1. The highest BCUT2D eigenvalue weighted by Gasteiger charge is 2.21. The number of nitrogens with zero attached hydrogens (tertiary/aromatic N) is 2. The number of Topliss-reactive ketones (excluding diaryl/α,β-unsaturated/α-hetero) is 1. The molecule has 1 aliphatic heterocycles. The van der Waals surface area contributed by atoms with Crippen molar-refractivity contribution >= 4 is 11.5 Å². The molecule has 1 saturated heterocycles. The van der Waals surface area contributed by atoms with E-state index < -0.39 is 0 Å². The Morgan fingerprint density at radius 2 is 1.95 bits per heavy atom. The number of methoxy groups -OCH3 is 1. The number of ketones is 1. The third kappa shape index (κ3) is 2.89. The highest BCUT2D eigenvalue weighted by Crippen LogP contribution is 2.30. The molecule has 104 valence electrons. The second-order valence-electron chi connectivity index (χ2n) is 4.83. The maximum atomic E-state index is 11.9. The molecule has 0 saturated carbocycles. The van der Waals surface area contributed by atoms with Gasteiger partial charge in [0.2, 0.25) is 0 Å². The van der Waals surface area contributed by atoms with Crippen molar-refractivity contribution in [2.24, 2.45) is 0 Å². The van der Waals surface area contributed by atoms with E-state index in [1.165, 1.54) is 0 Å². The van der Waals surface area contributed by atoms with E-state index in [1.54, 1.807) is 14.0 Å². The van der Waals surface area contributed by atoms with Gasteiger partial charge >= 0.3 is 0 Å². The zero-order valence-electron chi connectivity index (χ0n) is 12.0. The Bertz CT molecular complexity index is 451. The van der Waals surface area contributed by atoms with Crippen molar-refractivity contribution < 1.29 is 9.53 Å². The summed E-state index contributed by atoms with van der Waals surface area (Å²) in [5.41, 5.74) is 1.71. The van der Waals surface area contributed by atoms with Crippen molar-refractivity contribution in [3.8, 4) is 5.75 Å². The lowest BCUT2D eigenvalue weighted by molar-refractivity contribution is 0.101. The highest BCUT2D eigenvalue weighted by atomic mass is 16.5. The largest absolute Gasteiger partial charge is 0.496 e. The summed E-state index contributed by atoms with van der Waals surface area (Å²) in [5.74, 6) is 0.730. The van der Waals surface area contributed by atoms with Gasteiger partial charge in [0, 0.05) is 26.2 Å². The average molecular weight is 262 g/mol. The number of likely N-dealkylation sites (N-methyl/N-ethyl adjacent to an activating group) is 1. The Morgan fingerprint density at radius 3 is 2.47 bits per heavy atom. The summed E-state index contributed by atoms with van der Waals surface area (Å²) in [6, 6.07) is 5.82. The second-order valence-corrected chi connectivity index (χ2v) is 4.83. The maximum Gasteiger partial charge on any atom is 0.165 e. The van der Waals surface area contributed by atoms with Crippen LogP contribution in [0.4, 0.5) is 5.69 Å². The van der Waals surface area contributed by atoms with E-state index in [0.29, 0.717) is 11.3 Å². The number of carbonyl (C=O) groups excluding carboxylic acids is 1. The van der Waals surface area contributed by atoms with Crippen LogP contribution in [0.2, 0.25) is 0 Å². The molecule has 19 heavy (non-hydrogen) atoms. The molecule has 0 aromatic heterocycles. The Labute approximate surface area is 115 Å². The molecule has 0 unspecified atom stereocenters. The van der Waals surface area contributed by atoms with Crippen LogP contribution in [0.15, 0.2) is 18.2 Å². The van der Waals surface area contributed by atoms with Gasteiger partial charge in [0.05, 0.1) is 18.4 Å². The molecule has 4 heteroatoms. The van der Waals surface area contributed by atoms with Crippen molar-refractivity contribution in [2.45, 2.75) is 13.8 Å². The number of carbonyl (C=O) groups is 1. The summed E-state index contributed by atoms with van der Waals surface area (Å²) in [4.78, 5) is 16.6. The summed E-state index contributed by atoms with van der Waals surface area (Å²) >= 11 is 0. The molecule has 0 bridgehead atoms. The molecule has 0 amide bonds. The van der Waals surface area contributed by atoms with E-state index in [1.807, 2.05) is 18.2 Å². The van der Waals surface area contributed by atoms with E-state index >= 15 is 0 Å². The minimum atomic E-state index is 0.0605. The average Bonchev–Trinajstić information content (AvgIpc) is 2.46. The summed E-state index contributed by atoms with van der Waals surface area (Å²) in [6.45, 7) is 8.88. The minimum absolute atomic E-state index is 0.0605. The fourth-order valence-electron chi connectivity index (χ4n) is 2.61. The molecule has 2 rings (SSSR count). The van der Waals surface area contributed by atoms with Crippen molar-refractivity contribution in [3.63, 3.8) is 0 Å². The smallest absolute Gasteiger partial charge is 0.165 e. The monoisotopic (exact) mass is 262 g/mol. The lowest BCUT2D eigenvalue weighted by Crippen LogP contribution is -2.46. The Hall–Kier alpha value is -1.55. The molecule has 0 aliphatic carbocycles. The number of rotatable bonds is 4. The van der Waals surface area contributed by atoms with E-state index in [-0.39, 0.29) is 5.78 Å². The zero-order chi connectivity index (χ0) is 13.8. The molecule has 1 heterocycles. The number of hydrogen-bond acceptors (Lipinski definition) is 4. The first kappa shape index (κ1) is 13.9. The summed E-state index contributed by atoms with van der Waals surface area (Å²) in [6.07, 6.45) is 0. The topological polar surface area (TPSA) is 32.8 Å². The van der Waals surface area contributed by atoms with Crippen LogP contribution in [0.1, 0.15) is 24.2 Å². The Morgan fingerprint density at radius 1 is 1.26 bits per heavy atom. The normalized spacial score (nSPS) is 16.5. The van der Waals surface area contributed by atoms with Crippen LogP contribution in [0.5, 0.6) is 5.75 Å². The molecular formula is C15H22N2O2. The third-order valence-electron chi connectivity index (χ3n) is 3.74. The van der Waals surface area contributed by atoms with E-state index in [2.05, 4.69) is 16.7 Å². The van der Waals surface area contributed by atoms with Crippen LogP contribution in [-0.4, -0.2) is 50.5 Å². The summed E-state index contributed by atoms with van der Waals surface area (Å²) < 4.78 is 5.32. The van der Waals surface area contributed by atoms with Crippen molar-refractivity contribution in [1.82, 2.24) is 4.90 Å². The van der Waals surface area contributed by atoms with E-state index in [4.69, 9.17) is 4.74 Å². The van der Waals surface area contributed by atoms with Crippen LogP contribution < -0.4 is 9.64 Å². The van der Waals surface area contributed by atoms with Gasteiger partial charge in [-0.25, -0.2) is 0 Å². The highest BCUT2D eigenvalue weighted by molar-refractivity contribution is 6.02. The molecule has 1 aliphatic rings. The van der Waals surface area contributed by atoms with Gasteiger partial charge in [-0.15, -0.1) is 0 Å². The van der Waals surface area contributed by atoms with Gasteiger partial charge < -0.3 is 14.5 Å². The molecule has 0 spiro atoms. The van der Waals surface area contributed by atoms with Crippen molar-refractivity contribution in [1.29, 1.82) is 0 Å². The summed E-state index contributed by atoms with van der Waals surface area (Å²) in [7, 11) is 1.61. The molecule has 0 N–H and O–H groups in total. The molecule has 1 fully saturated rings. The van der Waals surface area contributed by atoms with E-state index in [9.17, 15) is 4.79 Å². The van der Waals surface area contributed by atoms with Crippen LogP contribution in [-0.2, 0) is 0 Å². The molecule has 0 radical (unpaired) electrons.